The molecule has 0 spiro atoms. The average molecular weight is 373 g/mol. The van der Waals surface area contributed by atoms with Crippen LogP contribution in [0.15, 0.2) is 47.9 Å². The van der Waals surface area contributed by atoms with Gasteiger partial charge in [0, 0.05) is 50.8 Å². The zero-order valence-electron chi connectivity index (χ0n) is 14.8. The first-order chi connectivity index (χ1) is 12.7. The van der Waals surface area contributed by atoms with Gasteiger partial charge in [-0.1, -0.05) is 30.0 Å². The molecule has 138 valence electrons. The smallest absolute Gasteiger partial charge is 0.321 e. The van der Waals surface area contributed by atoms with Gasteiger partial charge >= 0.3 is 6.03 Å². The van der Waals surface area contributed by atoms with Gasteiger partial charge in [-0.05, 0) is 19.1 Å². The molecule has 7 nitrogen and oxygen atoms in total. The van der Waals surface area contributed by atoms with Crippen molar-refractivity contribution in [3.05, 3.63) is 42.7 Å². The molecule has 1 aliphatic heterocycles. The number of nitrogens with zero attached hydrogens (tertiary/aromatic N) is 4. The van der Waals surface area contributed by atoms with Crippen molar-refractivity contribution in [2.24, 2.45) is 0 Å². The molecule has 0 bridgehead atoms. The van der Waals surface area contributed by atoms with Crippen molar-refractivity contribution >= 4 is 29.4 Å². The lowest BCUT2D eigenvalue weighted by Gasteiger charge is -2.34. The number of benzene rings is 1. The number of carbonyl (C=O) groups excluding carboxylic acids is 2. The lowest BCUT2D eigenvalue weighted by molar-refractivity contribution is -0.129. The topological polar surface area (TPSA) is 70.5 Å². The van der Waals surface area contributed by atoms with E-state index < -0.39 is 0 Å². The summed E-state index contributed by atoms with van der Waals surface area (Å²) in [5.41, 5.74) is 0.777. The first-order valence-electron chi connectivity index (χ1n) is 8.70. The summed E-state index contributed by atoms with van der Waals surface area (Å²) in [7, 11) is 0. The maximum atomic E-state index is 12.4. The number of carbonyl (C=O) groups is 2. The van der Waals surface area contributed by atoms with Crippen LogP contribution in [0.2, 0.25) is 0 Å². The zero-order valence-corrected chi connectivity index (χ0v) is 15.6. The van der Waals surface area contributed by atoms with E-state index in [0.29, 0.717) is 31.9 Å². The molecular weight excluding hydrogens is 350 g/mol. The number of thioether (sulfide) groups is 1. The Morgan fingerprint density at radius 2 is 1.81 bits per heavy atom. The summed E-state index contributed by atoms with van der Waals surface area (Å²) in [5.74, 6) is 0.455. The van der Waals surface area contributed by atoms with E-state index in [9.17, 15) is 9.59 Å². The van der Waals surface area contributed by atoms with E-state index in [1.165, 1.54) is 11.8 Å². The van der Waals surface area contributed by atoms with Crippen molar-refractivity contribution in [1.29, 1.82) is 0 Å². The quantitative estimate of drug-likeness (QED) is 0.817. The number of hydrogen-bond acceptors (Lipinski definition) is 4. The highest BCUT2D eigenvalue weighted by molar-refractivity contribution is 7.99. The van der Waals surface area contributed by atoms with Gasteiger partial charge < -0.3 is 19.7 Å². The van der Waals surface area contributed by atoms with Crippen molar-refractivity contribution in [3.8, 4) is 0 Å². The summed E-state index contributed by atoms with van der Waals surface area (Å²) >= 11 is 1.46. The third-order valence-electron chi connectivity index (χ3n) is 4.29. The maximum Gasteiger partial charge on any atom is 0.321 e. The Morgan fingerprint density at radius 3 is 2.50 bits per heavy atom. The van der Waals surface area contributed by atoms with Crippen molar-refractivity contribution in [3.63, 3.8) is 0 Å². The molecule has 1 fully saturated rings. The third kappa shape index (κ3) is 4.57. The van der Waals surface area contributed by atoms with Gasteiger partial charge in [0.1, 0.15) is 0 Å². The molecule has 0 aliphatic carbocycles. The molecule has 0 unspecified atom stereocenters. The van der Waals surface area contributed by atoms with Crippen LogP contribution in [0, 0.1) is 0 Å². The maximum absolute atomic E-state index is 12.4. The molecular formula is C18H23N5O2S. The second-order valence-corrected chi connectivity index (χ2v) is 6.89. The fraction of sp³-hybridized carbons (Fsp3) is 0.389. The Labute approximate surface area is 157 Å². The minimum absolute atomic E-state index is 0.0868. The van der Waals surface area contributed by atoms with Crippen LogP contribution >= 0.6 is 11.8 Å². The molecule has 1 aromatic heterocycles. The molecule has 3 amide bonds. The number of hydrogen-bond donors (Lipinski definition) is 1. The summed E-state index contributed by atoms with van der Waals surface area (Å²) in [5, 5.41) is 3.74. The first-order valence-corrected chi connectivity index (χ1v) is 9.68. The molecule has 8 heteroatoms. The minimum Gasteiger partial charge on any atom is -0.338 e. The van der Waals surface area contributed by atoms with Crippen molar-refractivity contribution in [1.82, 2.24) is 19.4 Å². The number of rotatable bonds is 5. The number of para-hydroxylation sites is 1. The van der Waals surface area contributed by atoms with E-state index in [1.54, 1.807) is 11.1 Å². The molecule has 1 N–H and O–H groups in total. The molecule has 3 rings (SSSR count). The van der Waals surface area contributed by atoms with Crippen LogP contribution in [-0.2, 0) is 11.3 Å². The van der Waals surface area contributed by atoms with Crippen molar-refractivity contribution in [2.45, 2.75) is 18.6 Å². The number of piperazine rings is 1. The highest BCUT2D eigenvalue weighted by atomic mass is 32.2. The van der Waals surface area contributed by atoms with Gasteiger partial charge in [-0.3, -0.25) is 4.79 Å². The van der Waals surface area contributed by atoms with E-state index in [4.69, 9.17) is 0 Å². The largest absolute Gasteiger partial charge is 0.338 e. The summed E-state index contributed by atoms with van der Waals surface area (Å²) in [4.78, 5) is 32.5. The van der Waals surface area contributed by atoms with Crippen LogP contribution in [0.5, 0.6) is 0 Å². The lowest BCUT2D eigenvalue weighted by atomic mass is 10.3. The SMILES string of the molecule is CCn1ccnc1SCC(=O)N1CCN(C(=O)Nc2ccccc2)CC1. The van der Waals surface area contributed by atoms with Crippen LogP contribution in [-0.4, -0.2) is 63.2 Å². The Morgan fingerprint density at radius 1 is 1.12 bits per heavy atom. The summed E-state index contributed by atoms with van der Waals surface area (Å²) in [6.07, 6.45) is 3.66. The number of imidazole rings is 1. The summed E-state index contributed by atoms with van der Waals surface area (Å²) in [6, 6.07) is 9.26. The van der Waals surface area contributed by atoms with Crippen molar-refractivity contribution < 1.29 is 9.59 Å². The fourth-order valence-corrected chi connectivity index (χ4v) is 3.70. The number of anilines is 1. The third-order valence-corrected chi connectivity index (χ3v) is 5.28. The van der Waals surface area contributed by atoms with Gasteiger partial charge in [0.2, 0.25) is 5.91 Å². The molecule has 26 heavy (non-hydrogen) atoms. The van der Waals surface area contributed by atoms with Gasteiger partial charge in [0.25, 0.3) is 0 Å². The fourth-order valence-electron chi connectivity index (χ4n) is 2.78. The van der Waals surface area contributed by atoms with Gasteiger partial charge in [-0.15, -0.1) is 0 Å². The highest BCUT2D eigenvalue weighted by Crippen LogP contribution is 2.17. The minimum atomic E-state index is -0.123. The van der Waals surface area contributed by atoms with E-state index in [0.717, 1.165) is 17.4 Å². The molecule has 1 aliphatic rings. The predicted molar refractivity (Wildman–Crippen MR) is 102 cm³/mol. The number of aromatic nitrogens is 2. The van der Waals surface area contributed by atoms with Crippen LogP contribution < -0.4 is 5.32 Å². The van der Waals surface area contributed by atoms with Crippen LogP contribution in [0.4, 0.5) is 10.5 Å². The van der Waals surface area contributed by atoms with Crippen LogP contribution in [0.3, 0.4) is 0 Å². The average Bonchev–Trinajstić information content (AvgIpc) is 3.14. The van der Waals surface area contributed by atoms with Gasteiger partial charge in [-0.2, -0.15) is 0 Å². The Kier molecular flexibility index (Phi) is 6.17. The Hall–Kier alpha value is -2.48. The molecule has 1 saturated heterocycles. The van der Waals surface area contributed by atoms with E-state index in [2.05, 4.69) is 10.3 Å². The second-order valence-electron chi connectivity index (χ2n) is 5.95. The van der Waals surface area contributed by atoms with Crippen LogP contribution in [0.25, 0.3) is 0 Å². The summed E-state index contributed by atoms with van der Waals surface area (Å²) < 4.78 is 2.02. The zero-order chi connectivity index (χ0) is 18.4. The predicted octanol–water partition coefficient (Wildman–Crippen LogP) is 2.37. The van der Waals surface area contributed by atoms with Gasteiger partial charge in [-0.25, -0.2) is 9.78 Å². The van der Waals surface area contributed by atoms with E-state index >= 15 is 0 Å². The standard InChI is InChI=1S/C18H23N5O2S/c1-2-21-9-8-19-18(21)26-14-16(24)22-10-12-23(13-11-22)17(25)20-15-6-4-3-5-7-15/h3-9H,2,10-14H2,1H3,(H,20,25). The number of urea groups is 1. The highest BCUT2D eigenvalue weighted by Gasteiger charge is 2.24. The van der Waals surface area contributed by atoms with E-state index in [-0.39, 0.29) is 11.9 Å². The Balaban J connectivity index is 1.44. The normalized spacial score (nSPS) is 14.3. The number of aryl methyl sites for hydroxylation is 1. The lowest BCUT2D eigenvalue weighted by Crippen LogP contribution is -2.52. The van der Waals surface area contributed by atoms with Crippen LogP contribution in [0.1, 0.15) is 6.92 Å². The van der Waals surface area contributed by atoms with Gasteiger partial charge in [0.15, 0.2) is 5.16 Å². The number of amides is 3. The molecule has 0 atom stereocenters. The Bertz CT molecular complexity index is 741. The number of nitrogens with one attached hydrogen (secondary N) is 1. The molecule has 0 radical (unpaired) electrons. The second kappa shape index (κ2) is 8.75. The van der Waals surface area contributed by atoms with E-state index in [1.807, 2.05) is 52.9 Å². The molecule has 2 heterocycles. The summed E-state index contributed by atoms with van der Waals surface area (Å²) in [6.45, 7) is 5.09. The first kappa shape index (κ1) is 18.3. The molecule has 1 aromatic carbocycles. The molecule has 2 aromatic rings. The monoisotopic (exact) mass is 373 g/mol. The molecule has 0 saturated carbocycles. The van der Waals surface area contributed by atoms with Gasteiger partial charge in [0.05, 0.1) is 5.75 Å². The van der Waals surface area contributed by atoms with Crippen molar-refractivity contribution in [2.75, 3.05) is 37.2 Å².